The molecule has 3 N–H and O–H groups in total. The van der Waals surface area contributed by atoms with Gasteiger partial charge >= 0.3 is 0 Å². The molecule has 0 radical (unpaired) electrons. The summed E-state index contributed by atoms with van der Waals surface area (Å²) in [6.45, 7) is -0.352. The van der Waals surface area contributed by atoms with Crippen LogP contribution in [-0.2, 0) is 0 Å². The lowest BCUT2D eigenvalue weighted by Crippen LogP contribution is -2.35. The average molecular weight is 263 g/mol. The highest BCUT2D eigenvalue weighted by Crippen LogP contribution is 2.28. The summed E-state index contributed by atoms with van der Waals surface area (Å²) >= 11 is 0. The summed E-state index contributed by atoms with van der Waals surface area (Å²) in [7, 11) is 0. The molecule has 5 nitrogen and oxygen atoms in total. The van der Waals surface area contributed by atoms with Crippen molar-refractivity contribution in [1.29, 1.82) is 0 Å². The van der Waals surface area contributed by atoms with Crippen molar-refractivity contribution < 1.29 is 18.1 Å². The van der Waals surface area contributed by atoms with Crippen molar-refractivity contribution in [2.45, 2.75) is 12.8 Å². The first kappa shape index (κ1) is 14.2. The number of halogens is 3. The molecular formula is C10H12F3N3O2. The maximum absolute atomic E-state index is 13.2. The molecule has 0 fully saturated rings. The molecule has 0 heterocycles. The predicted molar refractivity (Wildman–Crippen MR) is 60.3 cm³/mol. The number of alkyl halides is 2. The minimum Gasteiger partial charge on any atom is -0.373 e. The highest BCUT2D eigenvalue weighted by atomic mass is 19.3. The third-order valence-electron chi connectivity index (χ3n) is 2.31. The number of anilines is 1. The first-order valence-corrected chi connectivity index (χ1v) is 5.03. The van der Waals surface area contributed by atoms with Gasteiger partial charge in [0.2, 0.25) is 0 Å². The lowest BCUT2D eigenvalue weighted by molar-refractivity contribution is -0.384. The summed E-state index contributed by atoms with van der Waals surface area (Å²) in [6, 6.07) is 1.80. The van der Waals surface area contributed by atoms with Gasteiger partial charge in [0.25, 0.3) is 11.6 Å². The first-order valence-electron chi connectivity index (χ1n) is 5.03. The summed E-state index contributed by atoms with van der Waals surface area (Å²) in [5.74, 6) is -3.95. The Labute approximate surface area is 101 Å². The molecule has 8 heteroatoms. The van der Waals surface area contributed by atoms with Crippen molar-refractivity contribution in [2.75, 3.05) is 18.4 Å². The zero-order valence-electron chi connectivity index (χ0n) is 9.54. The molecule has 0 unspecified atom stereocenters. The van der Waals surface area contributed by atoms with Gasteiger partial charge < -0.3 is 11.1 Å². The smallest absolute Gasteiger partial charge is 0.295 e. The van der Waals surface area contributed by atoms with Gasteiger partial charge in [0.15, 0.2) is 0 Å². The molecular weight excluding hydrogens is 251 g/mol. The van der Waals surface area contributed by atoms with Crippen LogP contribution in [-0.4, -0.2) is 23.9 Å². The molecule has 0 spiro atoms. The Balaban J connectivity index is 3.01. The molecule has 1 aromatic rings. The van der Waals surface area contributed by atoms with E-state index in [2.05, 4.69) is 5.32 Å². The number of benzene rings is 1. The molecule has 0 aromatic heterocycles. The monoisotopic (exact) mass is 263 g/mol. The van der Waals surface area contributed by atoms with Crippen molar-refractivity contribution in [3.63, 3.8) is 0 Å². The van der Waals surface area contributed by atoms with Crippen LogP contribution in [0.25, 0.3) is 0 Å². The normalized spacial score (nSPS) is 11.4. The summed E-state index contributed by atoms with van der Waals surface area (Å²) in [6.07, 6.45) is 0. The highest BCUT2D eigenvalue weighted by molar-refractivity contribution is 5.63. The number of nitrogens with zero attached hydrogens (tertiary/aromatic N) is 1. The number of nitro benzene ring substituents is 1. The number of rotatable bonds is 5. The highest BCUT2D eigenvalue weighted by Gasteiger charge is 2.28. The van der Waals surface area contributed by atoms with Gasteiger partial charge in [0, 0.05) is 0 Å². The van der Waals surface area contributed by atoms with E-state index in [0.717, 1.165) is 6.07 Å². The second kappa shape index (κ2) is 5.21. The molecule has 0 amide bonds. The van der Waals surface area contributed by atoms with E-state index in [1.165, 1.54) is 6.92 Å². The third-order valence-corrected chi connectivity index (χ3v) is 2.31. The van der Waals surface area contributed by atoms with Crippen molar-refractivity contribution >= 4 is 11.4 Å². The van der Waals surface area contributed by atoms with E-state index < -0.39 is 35.4 Å². The van der Waals surface area contributed by atoms with E-state index in [1.807, 2.05) is 0 Å². The second-order valence-corrected chi connectivity index (χ2v) is 3.79. The van der Waals surface area contributed by atoms with Crippen LogP contribution >= 0.6 is 0 Å². The Kier molecular flexibility index (Phi) is 4.12. The first-order chi connectivity index (χ1) is 8.26. The van der Waals surface area contributed by atoms with E-state index >= 15 is 0 Å². The maximum Gasteiger partial charge on any atom is 0.295 e. The zero-order valence-corrected chi connectivity index (χ0v) is 9.54. The van der Waals surface area contributed by atoms with Gasteiger partial charge in [-0.05, 0) is 18.6 Å². The largest absolute Gasteiger partial charge is 0.373 e. The molecule has 0 atom stereocenters. The molecule has 100 valence electrons. The van der Waals surface area contributed by atoms with Crippen LogP contribution in [0.4, 0.5) is 24.5 Å². The van der Waals surface area contributed by atoms with Gasteiger partial charge in [-0.25, -0.2) is 13.2 Å². The molecule has 0 saturated heterocycles. The summed E-state index contributed by atoms with van der Waals surface area (Å²) in [5, 5.41) is 12.9. The van der Waals surface area contributed by atoms with Gasteiger partial charge in [0.05, 0.1) is 24.1 Å². The topological polar surface area (TPSA) is 81.2 Å². The molecule has 0 aliphatic carbocycles. The Hall–Kier alpha value is -1.83. The Morgan fingerprint density at radius 1 is 1.50 bits per heavy atom. The molecule has 18 heavy (non-hydrogen) atoms. The van der Waals surface area contributed by atoms with E-state index in [4.69, 9.17) is 5.73 Å². The molecule has 1 rings (SSSR count). The van der Waals surface area contributed by atoms with Gasteiger partial charge in [-0.1, -0.05) is 0 Å². The van der Waals surface area contributed by atoms with Crippen molar-refractivity contribution in [3.8, 4) is 0 Å². The van der Waals surface area contributed by atoms with Gasteiger partial charge in [-0.15, -0.1) is 0 Å². The number of nitro groups is 1. The van der Waals surface area contributed by atoms with E-state index in [9.17, 15) is 23.3 Å². The van der Waals surface area contributed by atoms with Crippen molar-refractivity contribution in [3.05, 3.63) is 33.6 Å². The van der Waals surface area contributed by atoms with Crippen LogP contribution in [0.2, 0.25) is 0 Å². The van der Waals surface area contributed by atoms with E-state index in [0.29, 0.717) is 6.07 Å². The van der Waals surface area contributed by atoms with Crippen LogP contribution < -0.4 is 11.1 Å². The van der Waals surface area contributed by atoms with Crippen LogP contribution in [0, 0.1) is 22.9 Å². The molecule has 0 aliphatic rings. The quantitative estimate of drug-likeness (QED) is 0.629. The molecule has 1 aromatic carbocycles. The van der Waals surface area contributed by atoms with Crippen molar-refractivity contribution in [1.82, 2.24) is 0 Å². The third kappa shape index (κ3) is 3.33. The average Bonchev–Trinajstić information content (AvgIpc) is 2.30. The fourth-order valence-corrected chi connectivity index (χ4v) is 1.26. The van der Waals surface area contributed by atoms with Crippen LogP contribution in [0.5, 0.6) is 0 Å². The fraction of sp³-hybridized carbons (Fsp3) is 0.400. The number of hydrogen-bond donors (Lipinski definition) is 2. The summed E-state index contributed by atoms with van der Waals surface area (Å²) < 4.78 is 39.0. The standard InChI is InChI=1S/C10H12F3N3O2/c1-6-2-8(15-5-10(12,13)4-14)9(16(17)18)3-7(6)11/h2-3,15H,4-5,14H2,1H3. The van der Waals surface area contributed by atoms with Crippen molar-refractivity contribution in [2.24, 2.45) is 5.73 Å². The Bertz CT molecular complexity index is 466. The number of nitrogens with two attached hydrogens (primary N) is 1. The second-order valence-electron chi connectivity index (χ2n) is 3.79. The minimum absolute atomic E-state index is 0.124. The SMILES string of the molecule is Cc1cc(NCC(F)(F)CN)c([N+](=O)[O-])cc1F. The Morgan fingerprint density at radius 2 is 2.11 bits per heavy atom. The molecule has 0 bridgehead atoms. The van der Waals surface area contributed by atoms with E-state index in [1.54, 1.807) is 0 Å². The van der Waals surface area contributed by atoms with Gasteiger partial charge in [-0.3, -0.25) is 10.1 Å². The van der Waals surface area contributed by atoms with Crippen LogP contribution in [0.3, 0.4) is 0 Å². The maximum atomic E-state index is 13.2. The van der Waals surface area contributed by atoms with E-state index in [-0.39, 0.29) is 11.3 Å². The number of nitrogens with one attached hydrogen (secondary N) is 1. The number of aryl methyl sites for hydroxylation is 1. The predicted octanol–water partition coefficient (Wildman–Crippen LogP) is 2.05. The summed E-state index contributed by atoms with van der Waals surface area (Å²) in [4.78, 5) is 9.82. The van der Waals surface area contributed by atoms with Gasteiger partial charge in [-0.2, -0.15) is 0 Å². The fourth-order valence-electron chi connectivity index (χ4n) is 1.26. The number of hydrogen-bond acceptors (Lipinski definition) is 4. The van der Waals surface area contributed by atoms with Crippen LogP contribution in [0.15, 0.2) is 12.1 Å². The van der Waals surface area contributed by atoms with Crippen LogP contribution in [0.1, 0.15) is 5.56 Å². The lowest BCUT2D eigenvalue weighted by atomic mass is 10.1. The minimum atomic E-state index is -3.18. The lowest BCUT2D eigenvalue weighted by Gasteiger charge is -2.15. The molecule has 0 aliphatic heterocycles. The summed E-state index contributed by atoms with van der Waals surface area (Å²) in [5.41, 5.74) is 4.21. The molecule has 0 saturated carbocycles. The van der Waals surface area contributed by atoms with Gasteiger partial charge in [0.1, 0.15) is 11.5 Å². The Morgan fingerprint density at radius 3 is 2.61 bits per heavy atom. The zero-order chi connectivity index (χ0) is 13.9.